The van der Waals surface area contributed by atoms with E-state index in [9.17, 15) is 14.3 Å². The summed E-state index contributed by atoms with van der Waals surface area (Å²) in [6.45, 7) is 0. The monoisotopic (exact) mass is 357 g/mol. The van der Waals surface area contributed by atoms with Gasteiger partial charge in [-0.2, -0.15) is 4.98 Å². The van der Waals surface area contributed by atoms with E-state index in [0.29, 0.717) is 21.5 Å². The molecule has 0 spiro atoms. The van der Waals surface area contributed by atoms with Crippen LogP contribution in [0.4, 0.5) is 4.39 Å². The summed E-state index contributed by atoms with van der Waals surface area (Å²) in [5.74, 6) is -0.861. The molecule has 0 aliphatic heterocycles. The normalized spacial score (nSPS) is 11.1. The van der Waals surface area contributed by atoms with Crippen molar-refractivity contribution < 1.29 is 14.0 Å². The molecule has 2 aromatic heterocycles. The van der Waals surface area contributed by atoms with Crippen molar-refractivity contribution in [1.82, 2.24) is 15.1 Å². The summed E-state index contributed by atoms with van der Waals surface area (Å²) in [6, 6.07) is 10.3. The number of fused-ring (bicyclic) bond motifs is 1. The summed E-state index contributed by atoms with van der Waals surface area (Å²) < 4.78 is 18.4. The van der Waals surface area contributed by atoms with E-state index >= 15 is 0 Å². The average Bonchev–Trinajstić information content (AvgIpc) is 3.05. The SMILES string of the molecule is O=c1[nH]c2ccc(Cl)cc2c(O)c1-c1nc(-c2cccc(F)c2)no1. The van der Waals surface area contributed by atoms with Crippen LogP contribution >= 0.6 is 11.6 Å². The van der Waals surface area contributed by atoms with E-state index in [1.807, 2.05) is 0 Å². The molecule has 4 aromatic rings. The second kappa shape index (κ2) is 5.71. The summed E-state index contributed by atoms with van der Waals surface area (Å²) in [6.07, 6.45) is 0. The first kappa shape index (κ1) is 15.3. The summed E-state index contributed by atoms with van der Waals surface area (Å²) >= 11 is 5.94. The van der Waals surface area contributed by atoms with Gasteiger partial charge in [0, 0.05) is 16.0 Å². The highest BCUT2D eigenvalue weighted by Crippen LogP contribution is 2.33. The van der Waals surface area contributed by atoms with E-state index in [4.69, 9.17) is 16.1 Å². The molecule has 124 valence electrons. The smallest absolute Gasteiger partial charge is 0.267 e. The molecule has 0 amide bonds. The second-order valence-corrected chi connectivity index (χ2v) is 5.74. The molecule has 2 aromatic carbocycles. The number of aromatic nitrogens is 3. The third kappa shape index (κ3) is 2.64. The molecule has 0 bridgehead atoms. The molecule has 0 aliphatic carbocycles. The first-order chi connectivity index (χ1) is 12.0. The second-order valence-electron chi connectivity index (χ2n) is 5.30. The predicted molar refractivity (Wildman–Crippen MR) is 89.9 cm³/mol. The molecule has 0 saturated carbocycles. The van der Waals surface area contributed by atoms with Crippen LogP contribution in [0.3, 0.4) is 0 Å². The fourth-order valence-electron chi connectivity index (χ4n) is 2.52. The maximum Gasteiger partial charge on any atom is 0.267 e. The standard InChI is InChI=1S/C17H9ClFN3O3/c18-9-4-5-12-11(7-9)14(23)13(16(24)20-12)17-21-15(22-25-17)8-2-1-3-10(19)6-8/h1-7H,(H2,20,23,24). The number of H-pyrrole nitrogens is 1. The minimum atomic E-state index is -0.596. The zero-order valence-corrected chi connectivity index (χ0v) is 13.2. The number of pyridine rings is 1. The molecule has 2 heterocycles. The van der Waals surface area contributed by atoms with Gasteiger partial charge in [0.15, 0.2) is 0 Å². The highest BCUT2D eigenvalue weighted by molar-refractivity contribution is 6.31. The lowest BCUT2D eigenvalue weighted by Gasteiger charge is -2.04. The van der Waals surface area contributed by atoms with Crippen molar-refractivity contribution in [2.75, 3.05) is 0 Å². The minimum absolute atomic E-state index is 0.0968. The Labute approximate surface area is 144 Å². The summed E-state index contributed by atoms with van der Waals surface area (Å²) in [5, 5.41) is 14.9. The Bertz CT molecular complexity index is 1170. The number of hydrogen-bond acceptors (Lipinski definition) is 5. The van der Waals surface area contributed by atoms with E-state index in [1.54, 1.807) is 18.2 Å². The van der Waals surface area contributed by atoms with Crippen LogP contribution in [0.25, 0.3) is 33.7 Å². The van der Waals surface area contributed by atoms with E-state index in [-0.39, 0.29) is 23.0 Å². The molecule has 0 radical (unpaired) electrons. The highest BCUT2D eigenvalue weighted by Gasteiger charge is 2.20. The van der Waals surface area contributed by atoms with Gasteiger partial charge in [0.2, 0.25) is 5.82 Å². The molecule has 25 heavy (non-hydrogen) atoms. The Kier molecular flexibility index (Phi) is 3.51. The Morgan fingerprint density at radius 3 is 2.84 bits per heavy atom. The van der Waals surface area contributed by atoms with E-state index < -0.39 is 11.4 Å². The summed E-state index contributed by atoms with van der Waals surface area (Å²) in [4.78, 5) is 19.0. The molecule has 0 unspecified atom stereocenters. The van der Waals surface area contributed by atoms with Gasteiger partial charge in [-0.25, -0.2) is 4.39 Å². The molecular formula is C17H9ClFN3O3. The van der Waals surface area contributed by atoms with E-state index in [1.165, 1.54) is 24.3 Å². The molecule has 6 nitrogen and oxygen atoms in total. The van der Waals surface area contributed by atoms with Crippen LogP contribution in [-0.4, -0.2) is 20.2 Å². The van der Waals surface area contributed by atoms with Gasteiger partial charge in [0.05, 0.1) is 5.52 Å². The molecule has 0 saturated heterocycles. The molecule has 2 N–H and O–H groups in total. The minimum Gasteiger partial charge on any atom is -0.506 e. The first-order valence-electron chi connectivity index (χ1n) is 7.17. The Balaban J connectivity index is 1.89. The maximum atomic E-state index is 13.3. The van der Waals surface area contributed by atoms with Gasteiger partial charge in [0.1, 0.15) is 17.1 Å². The van der Waals surface area contributed by atoms with Gasteiger partial charge < -0.3 is 14.6 Å². The molecule has 8 heteroatoms. The summed E-state index contributed by atoms with van der Waals surface area (Å²) in [7, 11) is 0. The lowest BCUT2D eigenvalue weighted by molar-refractivity contribution is 0.426. The van der Waals surface area contributed by atoms with Gasteiger partial charge in [-0.3, -0.25) is 4.79 Å². The average molecular weight is 358 g/mol. The zero-order valence-electron chi connectivity index (χ0n) is 12.5. The van der Waals surface area contributed by atoms with Gasteiger partial charge in [0.25, 0.3) is 11.4 Å². The summed E-state index contributed by atoms with van der Waals surface area (Å²) in [5.41, 5.74) is 0.0296. The number of rotatable bonds is 2. The van der Waals surface area contributed by atoms with Crippen molar-refractivity contribution in [3.63, 3.8) is 0 Å². The van der Waals surface area contributed by atoms with Crippen LogP contribution in [0.15, 0.2) is 51.8 Å². The Hall–Kier alpha value is -3.19. The molecule has 4 rings (SSSR count). The fraction of sp³-hybridized carbons (Fsp3) is 0. The third-order valence-electron chi connectivity index (χ3n) is 3.67. The number of aromatic hydroxyl groups is 1. The number of benzene rings is 2. The Morgan fingerprint density at radius 2 is 2.04 bits per heavy atom. The predicted octanol–water partition coefficient (Wildman–Crippen LogP) is 3.74. The van der Waals surface area contributed by atoms with E-state index in [2.05, 4.69) is 15.1 Å². The van der Waals surface area contributed by atoms with E-state index in [0.717, 1.165) is 0 Å². The number of aromatic amines is 1. The topological polar surface area (TPSA) is 92.0 Å². The zero-order chi connectivity index (χ0) is 17.6. The maximum absolute atomic E-state index is 13.3. The van der Waals surface area contributed by atoms with Crippen LogP contribution in [-0.2, 0) is 0 Å². The van der Waals surface area contributed by atoms with Crippen molar-refractivity contribution in [3.05, 3.63) is 63.7 Å². The van der Waals surface area contributed by atoms with Gasteiger partial charge >= 0.3 is 0 Å². The fourth-order valence-corrected chi connectivity index (χ4v) is 2.69. The van der Waals surface area contributed by atoms with Crippen LogP contribution in [0.1, 0.15) is 0 Å². The van der Waals surface area contributed by atoms with Crippen LogP contribution in [0, 0.1) is 5.82 Å². The molecule has 0 atom stereocenters. The quantitative estimate of drug-likeness (QED) is 0.570. The largest absolute Gasteiger partial charge is 0.506 e. The number of nitrogens with zero attached hydrogens (tertiary/aromatic N) is 2. The molecule has 0 aliphatic rings. The lowest BCUT2D eigenvalue weighted by Crippen LogP contribution is -2.09. The number of nitrogens with one attached hydrogen (secondary N) is 1. The third-order valence-corrected chi connectivity index (χ3v) is 3.91. The van der Waals surface area contributed by atoms with Gasteiger partial charge in [-0.15, -0.1) is 0 Å². The van der Waals surface area contributed by atoms with Crippen molar-refractivity contribution in [1.29, 1.82) is 0 Å². The van der Waals surface area contributed by atoms with Crippen molar-refractivity contribution in [2.24, 2.45) is 0 Å². The van der Waals surface area contributed by atoms with Crippen LogP contribution in [0.2, 0.25) is 5.02 Å². The van der Waals surface area contributed by atoms with Gasteiger partial charge in [-0.05, 0) is 30.3 Å². The van der Waals surface area contributed by atoms with Gasteiger partial charge in [-0.1, -0.05) is 28.9 Å². The van der Waals surface area contributed by atoms with Crippen molar-refractivity contribution in [2.45, 2.75) is 0 Å². The van der Waals surface area contributed by atoms with Crippen LogP contribution in [0.5, 0.6) is 5.75 Å². The van der Waals surface area contributed by atoms with Crippen LogP contribution < -0.4 is 5.56 Å². The van der Waals surface area contributed by atoms with Crippen molar-refractivity contribution in [3.8, 4) is 28.6 Å². The highest BCUT2D eigenvalue weighted by atomic mass is 35.5. The van der Waals surface area contributed by atoms with Crippen molar-refractivity contribution >= 4 is 22.5 Å². The first-order valence-corrected chi connectivity index (χ1v) is 7.55. The number of halogens is 2. The number of hydrogen-bond donors (Lipinski definition) is 2. The molecular weight excluding hydrogens is 349 g/mol. The lowest BCUT2D eigenvalue weighted by atomic mass is 10.1. The molecule has 0 fully saturated rings. The Morgan fingerprint density at radius 1 is 1.20 bits per heavy atom.